The van der Waals surface area contributed by atoms with Crippen molar-refractivity contribution in [3.05, 3.63) is 53.3 Å². The molecule has 0 saturated heterocycles. The number of nitrogens with two attached hydrogens (primary N) is 1. The lowest BCUT2D eigenvalue weighted by Crippen LogP contribution is -2.37. The van der Waals surface area contributed by atoms with Crippen LogP contribution in [0.1, 0.15) is 52.5 Å². The first-order valence-corrected chi connectivity index (χ1v) is 13.3. The molecule has 5 N–H and O–H groups in total. The molecule has 0 saturated carbocycles. The lowest BCUT2D eigenvalue weighted by atomic mass is 9.88. The lowest BCUT2D eigenvalue weighted by molar-refractivity contribution is -0.0402. The lowest BCUT2D eigenvalue weighted by Gasteiger charge is -2.30. The third-order valence-corrected chi connectivity index (χ3v) is 7.31. The number of nitrogens with one attached hydrogen (secondary N) is 1. The number of hydrogen-bond acceptors (Lipinski definition) is 8. The SMILES string of the molecule is C=C1Nc2cc(O)c(OC)c(c2)CC(C)CC(OC)C(O)C(C)/C=C(\C)C(OC(N)=O)C(OC)CC/C=C/1C. The average Bonchev–Trinajstić information content (AvgIpc) is 2.87. The Bertz CT molecular complexity index is 1050. The van der Waals surface area contributed by atoms with E-state index in [1.165, 1.54) is 7.11 Å². The van der Waals surface area contributed by atoms with Crippen molar-refractivity contribution >= 4 is 11.8 Å². The molecule has 9 nitrogen and oxygen atoms in total. The van der Waals surface area contributed by atoms with Gasteiger partial charge in [0.15, 0.2) is 17.6 Å². The number of primary amides is 1. The quantitative estimate of drug-likeness (QED) is 0.385. The van der Waals surface area contributed by atoms with E-state index >= 15 is 0 Å². The molecule has 6 unspecified atom stereocenters. The van der Waals surface area contributed by atoms with Crippen LogP contribution in [0, 0.1) is 11.8 Å². The molecule has 0 spiro atoms. The molecule has 1 aromatic rings. The Morgan fingerprint density at radius 3 is 2.38 bits per heavy atom. The number of carbonyl (C=O) groups is 1. The fourth-order valence-corrected chi connectivity index (χ4v) is 5.15. The fourth-order valence-electron chi connectivity index (χ4n) is 5.15. The Kier molecular flexibility index (Phi) is 12.3. The van der Waals surface area contributed by atoms with Crippen LogP contribution in [0.5, 0.6) is 11.5 Å². The summed E-state index contributed by atoms with van der Waals surface area (Å²) in [6.07, 6.45) is 2.90. The van der Waals surface area contributed by atoms with Gasteiger partial charge in [0.2, 0.25) is 0 Å². The van der Waals surface area contributed by atoms with E-state index in [2.05, 4.69) is 18.8 Å². The van der Waals surface area contributed by atoms with Crippen molar-refractivity contribution in [2.45, 2.75) is 77.8 Å². The van der Waals surface area contributed by atoms with Gasteiger partial charge in [0.25, 0.3) is 0 Å². The highest BCUT2D eigenvalue weighted by Gasteiger charge is 2.30. The maximum absolute atomic E-state index is 11.7. The number of methoxy groups -OCH3 is 3. The molecule has 6 atom stereocenters. The number of rotatable bonds is 4. The Labute approximate surface area is 232 Å². The van der Waals surface area contributed by atoms with E-state index in [1.807, 2.05) is 39.0 Å². The van der Waals surface area contributed by atoms with Gasteiger partial charge < -0.3 is 40.2 Å². The standard InChI is InChI=1S/C30H46N2O7/c1-17-12-22-15-23(16-24(33)29(22)38-8)32-21(5)18(2)10-9-11-25(36-6)28(39-30(31)35)20(4)14-19(3)27(34)26(13-17)37-7/h10,14-17,19,25-28,32-34H,5,9,11-13H2,1-4,6-8H3,(H2,31,35)/b18-10+,20-14+. The number of anilines is 1. The Hall–Kier alpha value is -3.01. The van der Waals surface area contributed by atoms with Gasteiger partial charge in [-0.3, -0.25) is 0 Å². The van der Waals surface area contributed by atoms with Crippen LogP contribution in [0.3, 0.4) is 0 Å². The van der Waals surface area contributed by atoms with Crippen molar-refractivity contribution in [1.82, 2.24) is 0 Å². The van der Waals surface area contributed by atoms with Crippen molar-refractivity contribution in [3.8, 4) is 11.5 Å². The molecule has 9 heteroatoms. The summed E-state index contributed by atoms with van der Waals surface area (Å²) >= 11 is 0. The first-order chi connectivity index (χ1) is 18.4. The molecule has 1 amide bonds. The van der Waals surface area contributed by atoms with Crippen molar-refractivity contribution in [2.75, 3.05) is 26.6 Å². The van der Waals surface area contributed by atoms with Gasteiger partial charge in [0, 0.05) is 43.2 Å². The van der Waals surface area contributed by atoms with Gasteiger partial charge in [0.05, 0.1) is 25.4 Å². The van der Waals surface area contributed by atoms with E-state index in [0.29, 0.717) is 42.8 Å². The number of carbonyl (C=O) groups excluding carboxylic acids is 1. The van der Waals surface area contributed by atoms with E-state index in [1.54, 1.807) is 20.3 Å². The van der Waals surface area contributed by atoms with Crippen LogP contribution in [0.15, 0.2) is 47.7 Å². The summed E-state index contributed by atoms with van der Waals surface area (Å²) in [6, 6.07) is 3.56. The summed E-state index contributed by atoms with van der Waals surface area (Å²) in [5, 5.41) is 25.2. The van der Waals surface area contributed by atoms with E-state index in [-0.39, 0.29) is 17.6 Å². The normalized spacial score (nSPS) is 30.3. The number of aromatic hydroxyl groups is 1. The highest BCUT2D eigenvalue weighted by Crippen LogP contribution is 2.37. The number of amides is 1. The van der Waals surface area contributed by atoms with E-state index < -0.39 is 30.5 Å². The first kappa shape index (κ1) is 32.2. The maximum Gasteiger partial charge on any atom is 0.405 e. The van der Waals surface area contributed by atoms with E-state index in [0.717, 1.165) is 16.7 Å². The van der Waals surface area contributed by atoms with Gasteiger partial charge in [-0.25, -0.2) is 4.79 Å². The average molecular weight is 547 g/mol. The van der Waals surface area contributed by atoms with Crippen molar-refractivity contribution in [3.63, 3.8) is 0 Å². The molecular weight excluding hydrogens is 500 g/mol. The van der Waals surface area contributed by atoms with Gasteiger partial charge in [0.1, 0.15) is 0 Å². The summed E-state index contributed by atoms with van der Waals surface area (Å²) in [5.41, 5.74) is 9.26. The molecular formula is C30H46N2O7. The molecule has 1 heterocycles. The molecule has 0 radical (unpaired) electrons. The van der Waals surface area contributed by atoms with E-state index in [4.69, 9.17) is 24.7 Å². The number of allylic oxidation sites excluding steroid dienone is 2. The van der Waals surface area contributed by atoms with Crippen LogP contribution in [0.2, 0.25) is 0 Å². The summed E-state index contributed by atoms with van der Waals surface area (Å²) in [5.74, 6) is 0.230. The second kappa shape index (κ2) is 15.0. The largest absolute Gasteiger partial charge is 0.504 e. The van der Waals surface area contributed by atoms with Crippen LogP contribution in [-0.2, 0) is 20.6 Å². The topological polar surface area (TPSA) is 132 Å². The van der Waals surface area contributed by atoms with Gasteiger partial charge in [-0.1, -0.05) is 32.6 Å². The second-order valence-electron chi connectivity index (χ2n) is 10.5. The highest BCUT2D eigenvalue weighted by molar-refractivity contribution is 5.65. The highest BCUT2D eigenvalue weighted by atomic mass is 16.6. The molecule has 39 heavy (non-hydrogen) atoms. The third-order valence-electron chi connectivity index (χ3n) is 7.31. The van der Waals surface area contributed by atoms with Gasteiger partial charge in [-0.2, -0.15) is 0 Å². The predicted molar refractivity (Wildman–Crippen MR) is 153 cm³/mol. The summed E-state index contributed by atoms with van der Waals surface area (Å²) < 4.78 is 22.4. The molecule has 2 rings (SSSR count). The minimum atomic E-state index is -0.894. The van der Waals surface area contributed by atoms with E-state index in [9.17, 15) is 15.0 Å². The molecule has 0 fully saturated rings. The summed E-state index contributed by atoms with van der Waals surface area (Å²) in [7, 11) is 4.68. The molecule has 0 aliphatic carbocycles. The van der Waals surface area contributed by atoms with Crippen molar-refractivity contribution < 1.29 is 34.0 Å². The molecule has 0 aromatic heterocycles. The zero-order valence-electron chi connectivity index (χ0n) is 24.3. The number of benzene rings is 1. The first-order valence-electron chi connectivity index (χ1n) is 13.3. The Morgan fingerprint density at radius 1 is 1.13 bits per heavy atom. The van der Waals surface area contributed by atoms with Gasteiger partial charge >= 0.3 is 6.09 Å². The van der Waals surface area contributed by atoms with Gasteiger partial charge in [-0.05, 0) is 62.7 Å². The summed E-state index contributed by atoms with van der Waals surface area (Å²) in [6.45, 7) is 11.9. The predicted octanol–water partition coefficient (Wildman–Crippen LogP) is 5.07. The zero-order valence-corrected chi connectivity index (χ0v) is 24.3. The van der Waals surface area contributed by atoms with Crippen molar-refractivity contribution in [1.29, 1.82) is 0 Å². The smallest absolute Gasteiger partial charge is 0.405 e. The summed E-state index contributed by atoms with van der Waals surface area (Å²) in [4.78, 5) is 11.7. The number of aliphatic hydroxyl groups is 1. The number of ether oxygens (including phenoxy) is 4. The minimum absolute atomic E-state index is 0.0333. The number of hydrogen-bond donors (Lipinski definition) is 4. The van der Waals surface area contributed by atoms with Crippen LogP contribution in [0.4, 0.5) is 10.5 Å². The van der Waals surface area contributed by atoms with Crippen LogP contribution in [-0.4, -0.2) is 62.1 Å². The minimum Gasteiger partial charge on any atom is -0.504 e. The number of aliphatic hydroxyl groups excluding tert-OH is 1. The molecule has 1 aliphatic heterocycles. The monoisotopic (exact) mass is 546 g/mol. The number of fused-ring (bicyclic) bond motifs is 2. The number of phenolic OH excluding ortho intramolecular Hbond substituents is 1. The number of phenols is 1. The second-order valence-corrected chi connectivity index (χ2v) is 10.5. The fraction of sp³-hybridized carbons (Fsp3) is 0.567. The van der Waals surface area contributed by atoms with Crippen molar-refractivity contribution in [2.24, 2.45) is 17.6 Å². The molecule has 1 aromatic carbocycles. The molecule has 218 valence electrons. The Morgan fingerprint density at radius 2 is 1.79 bits per heavy atom. The van der Waals surface area contributed by atoms with Crippen LogP contribution >= 0.6 is 0 Å². The molecule has 2 bridgehead atoms. The molecule has 1 aliphatic rings. The zero-order chi connectivity index (χ0) is 29.3. The maximum atomic E-state index is 11.7. The van der Waals surface area contributed by atoms with Crippen LogP contribution in [0.25, 0.3) is 0 Å². The van der Waals surface area contributed by atoms with Gasteiger partial charge in [-0.15, -0.1) is 0 Å². The Balaban J connectivity index is 2.53. The van der Waals surface area contributed by atoms with Crippen LogP contribution < -0.4 is 15.8 Å². The third kappa shape index (κ3) is 9.02.